The van der Waals surface area contributed by atoms with Gasteiger partial charge in [-0.15, -0.1) is 0 Å². The molecule has 0 aliphatic carbocycles. The highest BCUT2D eigenvalue weighted by molar-refractivity contribution is 9.10. The molecule has 0 aliphatic rings. The molecule has 0 aliphatic heterocycles. The van der Waals surface area contributed by atoms with Crippen molar-refractivity contribution >= 4 is 27.5 Å². The van der Waals surface area contributed by atoms with Crippen LogP contribution in [0.1, 0.15) is 18.1 Å². The van der Waals surface area contributed by atoms with Gasteiger partial charge in [-0.2, -0.15) is 0 Å². The lowest BCUT2D eigenvalue weighted by Gasteiger charge is -2.10. The minimum atomic E-state index is 0.657. The summed E-state index contributed by atoms with van der Waals surface area (Å²) >= 11 is 9.82. The van der Waals surface area contributed by atoms with E-state index in [9.17, 15) is 0 Å². The number of ether oxygens (including phenoxy) is 2. The van der Waals surface area contributed by atoms with Gasteiger partial charge in [-0.25, -0.2) is 0 Å². The van der Waals surface area contributed by atoms with Crippen molar-refractivity contribution in [2.24, 2.45) is 0 Å². The average Bonchev–Trinajstić information content (AvgIpc) is 2.45. The van der Waals surface area contributed by atoms with Gasteiger partial charge in [0.05, 0.1) is 18.7 Å². The van der Waals surface area contributed by atoms with E-state index in [1.165, 1.54) is 5.56 Å². The van der Waals surface area contributed by atoms with Crippen LogP contribution in [0.4, 0.5) is 0 Å². The third-order valence-electron chi connectivity index (χ3n) is 2.93. The predicted octanol–water partition coefficient (Wildman–Crippen LogP) is 5.10. The molecule has 20 heavy (non-hydrogen) atoms. The summed E-state index contributed by atoms with van der Waals surface area (Å²) in [6, 6.07) is 11.9. The Bertz CT molecular complexity index is 582. The summed E-state index contributed by atoms with van der Waals surface area (Å²) in [5.74, 6) is 1.57. The standard InChI is InChI=1S/C16H16BrClO2/c1-3-20-14-6-4-11(5-7-14)8-12-9-13(17)10-15(19-2)16(12)18/h4-7,9-10H,3,8H2,1-2H3. The molecule has 0 fully saturated rings. The first-order valence-corrected chi connectivity index (χ1v) is 7.54. The Morgan fingerprint density at radius 2 is 1.85 bits per heavy atom. The highest BCUT2D eigenvalue weighted by atomic mass is 79.9. The van der Waals surface area contributed by atoms with Crippen LogP contribution < -0.4 is 9.47 Å². The Kier molecular flexibility index (Phi) is 5.32. The molecular formula is C16H16BrClO2. The Morgan fingerprint density at radius 1 is 1.15 bits per heavy atom. The molecule has 0 saturated carbocycles. The van der Waals surface area contributed by atoms with Crippen LogP contribution in [0.15, 0.2) is 40.9 Å². The summed E-state index contributed by atoms with van der Waals surface area (Å²) in [6.07, 6.45) is 0.751. The largest absolute Gasteiger partial charge is 0.495 e. The van der Waals surface area contributed by atoms with Gasteiger partial charge in [-0.3, -0.25) is 0 Å². The highest BCUT2D eigenvalue weighted by Gasteiger charge is 2.09. The van der Waals surface area contributed by atoms with Crippen molar-refractivity contribution in [3.8, 4) is 11.5 Å². The number of hydrogen-bond donors (Lipinski definition) is 0. The first kappa shape index (κ1) is 15.2. The molecule has 0 atom stereocenters. The maximum atomic E-state index is 6.34. The molecular weight excluding hydrogens is 340 g/mol. The molecule has 0 N–H and O–H groups in total. The normalized spacial score (nSPS) is 10.4. The molecule has 0 aromatic heterocycles. The van der Waals surface area contributed by atoms with Crippen LogP contribution in [0.3, 0.4) is 0 Å². The Balaban J connectivity index is 2.23. The molecule has 4 heteroatoms. The van der Waals surface area contributed by atoms with Crippen LogP contribution in [0.2, 0.25) is 5.02 Å². The zero-order valence-electron chi connectivity index (χ0n) is 11.5. The Hall–Kier alpha value is -1.19. The van der Waals surface area contributed by atoms with Crippen LogP contribution in [-0.2, 0) is 6.42 Å². The Morgan fingerprint density at radius 3 is 2.45 bits per heavy atom. The number of halogens is 2. The Labute approximate surface area is 132 Å². The van der Waals surface area contributed by atoms with Gasteiger partial charge < -0.3 is 9.47 Å². The zero-order valence-corrected chi connectivity index (χ0v) is 13.8. The van der Waals surface area contributed by atoms with E-state index in [1.807, 2.05) is 31.2 Å². The fraction of sp³-hybridized carbons (Fsp3) is 0.250. The lowest BCUT2D eigenvalue weighted by molar-refractivity contribution is 0.340. The summed E-state index contributed by atoms with van der Waals surface area (Å²) in [6.45, 7) is 2.65. The highest BCUT2D eigenvalue weighted by Crippen LogP contribution is 2.33. The lowest BCUT2D eigenvalue weighted by atomic mass is 10.0. The van der Waals surface area contributed by atoms with Gasteiger partial charge in [0.25, 0.3) is 0 Å². The molecule has 0 amide bonds. The molecule has 2 aromatic carbocycles. The van der Waals surface area contributed by atoms with Crippen molar-refractivity contribution in [3.63, 3.8) is 0 Å². The minimum absolute atomic E-state index is 0.657. The molecule has 0 radical (unpaired) electrons. The van der Waals surface area contributed by atoms with Crippen LogP contribution in [-0.4, -0.2) is 13.7 Å². The summed E-state index contributed by atoms with van der Waals surface area (Å²) < 4.78 is 11.7. The van der Waals surface area contributed by atoms with Gasteiger partial charge in [-0.05, 0) is 48.7 Å². The van der Waals surface area contributed by atoms with E-state index in [1.54, 1.807) is 7.11 Å². The van der Waals surface area contributed by atoms with Gasteiger partial charge in [0, 0.05) is 4.47 Å². The molecule has 2 aromatic rings. The first-order valence-electron chi connectivity index (χ1n) is 6.37. The van der Waals surface area contributed by atoms with Gasteiger partial charge in [0.2, 0.25) is 0 Å². The van der Waals surface area contributed by atoms with E-state index in [4.69, 9.17) is 21.1 Å². The van der Waals surface area contributed by atoms with E-state index in [0.717, 1.165) is 22.2 Å². The van der Waals surface area contributed by atoms with E-state index in [-0.39, 0.29) is 0 Å². The maximum absolute atomic E-state index is 6.34. The molecule has 2 rings (SSSR count). The summed E-state index contributed by atoms with van der Waals surface area (Å²) in [7, 11) is 1.62. The topological polar surface area (TPSA) is 18.5 Å². The van der Waals surface area contributed by atoms with Gasteiger partial charge in [0.1, 0.15) is 11.5 Å². The van der Waals surface area contributed by atoms with Gasteiger partial charge >= 0.3 is 0 Å². The quantitative estimate of drug-likeness (QED) is 0.743. The molecule has 0 saturated heterocycles. The van der Waals surface area contributed by atoms with E-state index in [2.05, 4.69) is 28.1 Å². The SMILES string of the molecule is CCOc1ccc(Cc2cc(Br)cc(OC)c2Cl)cc1. The molecule has 0 bridgehead atoms. The third kappa shape index (κ3) is 3.68. The smallest absolute Gasteiger partial charge is 0.138 e. The zero-order chi connectivity index (χ0) is 14.5. The molecule has 0 unspecified atom stereocenters. The summed E-state index contributed by atoms with van der Waals surface area (Å²) in [4.78, 5) is 0. The van der Waals surface area contributed by atoms with Crippen LogP contribution in [0, 0.1) is 0 Å². The third-order valence-corrected chi connectivity index (χ3v) is 3.82. The van der Waals surface area contributed by atoms with Crippen molar-refractivity contribution in [2.45, 2.75) is 13.3 Å². The van der Waals surface area contributed by atoms with Crippen LogP contribution >= 0.6 is 27.5 Å². The van der Waals surface area contributed by atoms with E-state index >= 15 is 0 Å². The van der Waals surface area contributed by atoms with Crippen molar-refractivity contribution in [1.82, 2.24) is 0 Å². The average molecular weight is 356 g/mol. The van der Waals surface area contributed by atoms with Gasteiger partial charge in [0.15, 0.2) is 0 Å². The monoisotopic (exact) mass is 354 g/mol. The second kappa shape index (κ2) is 7.00. The number of methoxy groups -OCH3 is 1. The molecule has 0 spiro atoms. The minimum Gasteiger partial charge on any atom is -0.495 e. The molecule has 2 nitrogen and oxygen atoms in total. The van der Waals surface area contributed by atoms with Crippen molar-refractivity contribution in [1.29, 1.82) is 0 Å². The van der Waals surface area contributed by atoms with Crippen molar-refractivity contribution in [3.05, 3.63) is 57.0 Å². The number of benzene rings is 2. The fourth-order valence-electron chi connectivity index (χ4n) is 1.99. The number of hydrogen-bond acceptors (Lipinski definition) is 2. The van der Waals surface area contributed by atoms with Crippen molar-refractivity contribution < 1.29 is 9.47 Å². The predicted molar refractivity (Wildman–Crippen MR) is 86.1 cm³/mol. The van der Waals surface area contributed by atoms with E-state index in [0.29, 0.717) is 17.4 Å². The van der Waals surface area contributed by atoms with Crippen LogP contribution in [0.5, 0.6) is 11.5 Å². The summed E-state index contributed by atoms with van der Waals surface area (Å²) in [5.41, 5.74) is 2.21. The second-order valence-electron chi connectivity index (χ2n) is 4.33. The molecule has 106 valence electrons. The summed E-state index contributed by atoms with van der Waals surface area (Å²) in [5, 5.41) is 0.657. The molecule has 0 heterocycles. The first-order chi connectivity index (χ1) is 9.63. The van der Waals surface area contributed by atoms with Crippen molar-refractivity contribution in [2.75, 3.05) is 13.7 Å². The number of rotatable bonds is 5. The second-order valence-corrected chi connectivity index (χ2v) is 5.63. The maximum Gasteiger partial charge on any atom is 0.138 e. The van der Waals surface area contributed by atoms with Gasteiger partial charge in [-0.1, -0.05) is 39.7 Å². The fourth-order valence-corrected chi connectivity index (χ4v) is 2.72. The van der Waals surface area contributed by atoms with Crippen LogP contribution in [0.25, 0.3) is 0 Å². The van der Waals surface area contributed by atoms with E-state index < -0.39 is 0 Å². The lowest BCUT2D eigenvalue weighted by Crippen LogP contribution is -1.94.